The predicted octanol–water partition coefficient (Wildman–Crippen LogP) is 2.12. The lowest BCUT2D eigenvalue weighted by Crippen LogP contribution is -2.48. The van der Waals surface area contributed by atoms with Crippen molar-refractivity contribution >= 4 is 0 Å². The maximum atomic E-state index is 13.6. The molecule has 20 heavy (non-hydrogen) atoms. The molecule has 110 valence electrons. The summed E-state index contributed by atoms with van der Waals surface area (Å²) in [5.74, 6) is -0.0886. The van der Waals surface area contributed by atoms with Crippen molar-refractivity contribution in [3.8, 4) is 0 Å². The second-order valence-electron chi connectivity index (χ2n) is 5.80. The molecule has 3 nitrogen and oxygen atoms in total. The smallest absolute Gasteiger partial charge is 0.127 e. The molecule has 2 heterocycles. The van der Waals surface area contributed by atoms with Crippen LogP contribution < -0.4 is 0 Å². The van der Waals surface area contributed by atoms with E-state index >= 15 is 0 Å². The number of ether oxygens (including phenoxy) is 1. The van der Waals surface area contributed by atoms with Crippen molar-refractivity contribution in [2.45, 2.75) is 25.5 Å². The molecule has 0 aliphatic carbocycles. The zero-order chi connectivity index (χ0) is 13.8. The minimum atomic E-state index is -0.0886. The van der Waals surface area contributed by atoms with Gasteiger partial charge in [-0.2, -0.15) is 0 Å². The lowest BCUT2D eigenvalue weighted by molar-refractivity contribution is 0.0487. The normalized spacial score (nSPS) is 25.1. The highest BCUT2D eigenvalue weighted by atomic mass is 19.1. The Bertz CT molecular complexity index is 426. The van der Waals surface area contributed by atoms with Gasteiger partial charge in [-0.3, -0.25) is 9.80 Å². The average molecular weight is 278 g/mol. The van der Waals surface area contributed by atoms with Crippen molar-refractivity contribution < 1.29 is 9.13 Å². The van der Waals surface area contributed by atoms with E-state index in [1.807, 2.05) is 12.1 Å². The first-order valence-electron chi connectivity index (χ1n) is 7.61. The molecule has 1 aromatic carbocycles. The summed E-state index contributed by atoms with van der Waals surface area (Å²) in [7, 11) is 0. The average Bonchev–Trinajstić information content (AvgIpc) is 2.96. The Kier molecular flexibility index (Phi) is 4.65. The van der Waals surface area contributed by atoms with Gasteiger partial charge in [0.15, 0.2) is 0 Å². The van der Waals surface area contributed by atoms with Crippen LogP contribution in [0.25, 0.3) is 0 Å². The number of rotatable bonds is 4. The Labute approximate surface area is 120 Å². The zero-order valence-corrected chi connectivity index (χ0v) is 11.9. The van der Waals surface area contributed by atoms with Crippen molar-refractivity contribution in [3.05, 3.63) is 35.6 Å². The van der Waals surface area contributed by atoms with E-state index in [9.17, 15) is 4.39 Å². The van der Waals surface area contributed by atoms with Gasteiger partial charge in [0.2, 0.25) is 0 Å². The van der Waals surface area contributed by atoms with Gasteiger partial charge in [0.25, 0.3) is 0 Å². The van der Waals surface area contributed by atoms with E-state index in [1.165, 1.54) is 12.8 Å². The third-order valence-corrected chi connectivity index (χ3v) is 4.30. The topological polar surface area (TPSA) is 15.7 Å². The fourth-order valence-corrected chi connectivity index (χ4v) is 3.07. The molecule has 0 N–H and O–H groups in total. The van der Waals surface area contributed by atoms with E-state index in [4.69, 9.17) is 4.74 Å². The summed E-state index contributed by atoms with van der Waals surface area (Å²) >= 11 is 0. The highest BCUT2D eigenvalue weighted by Crippen LogP contribution is 2.16. The minimum absolute atomic E-state index is 0.0886. The summed E-state index contributed by atoms with van der Waals surface area (Å²) in [5.41, 5.74) is 0.806. The van der Waals surface area contributed by atoms with Crippen LogP contribution in [0.15, 0.2) is 24.3 Å². The highest BCUT2D eigenvalue weighted by Gasteiger charge is 2.23. The first-order valence-corrected chi connectivity index (χ1v) is 7.61. The van der Waals surface area contributed by atoms with Crippen molar-refractivity contribution in [2.24, 2.45) is 0 Å². The predicted molar refractivity (Wildman–Crippen MR) is 77.1 cm³/mol. The maximum absolute atomic E-state index is 13.6. The van der Waals surface area contributed by atoms with Crippen molar-refractivity contribution in [2.75, 3.05) is 39.3 Å². The lowest BCUT2D eigenvalue weighted by atomic mass is 10.1. The molecular weight excluding hydrogens is 255 g/mol. The second kappa shape index (κ2) is 6.66. The first-order chi connectivity index (χ1) is 9.81. The molecule has 2 fully saturated rings. The molecule has 2 aliphatic heterocycles. The van der Waals surface area contributed by atoms with Crippen LogP contribution in [0.2, 0.25) is 0 Å². The van der Waals surface area contributed by atoms with Gasteiger partial charge >= 0.3 is 0 Å². The van der Waals surface area contributed by atoms with Gasteiger partial charge in [0.05, 0.1) is 6.10 Å². The highest BCUT2D eigenvalue weighted by molar-refractivity contribution is 5.17. The quantitative estimate of drug-likeness (QED) is 0.839. The van der Waals surface area contributed by atoms with Gasteiger partial charge in [0.1, 0.15) is 5.82 Å². The van der Waals surface area contributed by atoms with Crippen LogP contribution >= 0.6 is 0 Å². The van der Waals surface area contributed by atoms with Crippen LogP contribution in [-0.2, 0) is 11.3 Å². The second-order valence-corrected chi connectivity index (χ2v) is 5.80. The van der Waals surface area contributed by atoms with Gasteiger partial charge in [0, 0.05) is 51.4 Å². The van der Waals surface area contributed by atoms with Crippen molar-refractivity contribution in [1.29, 1.82) is 0 Å². The third kappa shape index (κ3) is 3.57. The summed E-state index contributed by atoms with van der Waals surface area (Å²) in [6.45, 7) is 6.87. The first kappa shape index (κ1) is 14.0. The monoisotopic (exact) mass is 278 g/mol. The molecule has 0 aromatic heterocycles. The van der Waals surface area contributed by atoms with Gasteiger partial charge in [-0.15, -0.1) is 0 Å². The number of nitrogens with zero attached hydrogens (tertiary/aromatic N) is 2. The molecule has 0 saturated carbocycles. The molecule has 0 amide bonds. The Morgan fingerprint density at radius 2 is 1.85 bits per heavy atom. The Morgan fingerprint density at radius 3 is 2.55 bits per heavy atom. The molecule has 0 spiro atoms. The molecule has 1 atom stereocenters. The van der Waals surface area contributed by atoms with Gasteiger partial charge in [-0.25, -0.2) is 4.39 Å². The van der Waals surface area contributed by atoms with Gasteiger partial charge in [-0.1, -0.05) is 18.2 Å². The molecule has 2 aliphatic rings. The summed E-state index contributed by atoms with van der Waals surface area (Å²) in [6.07, 6.45) is 2.85. The minimum Gasteiger partial charge on any atom is -0.377 e. The number of halogens is 1. The maximum Gasteiger partial charge on any atom is 0.127 e. The van der Waals surface area contributed by atoms with Crippen LogP contribution in [0.1, 0.15) is 18.4 Å². The lowest BCUT2D eigenvalue weighted by Gasteiger charge is -2.35. The molecule has 0 unspecified atom stereocenters. The van der Waals surface area contributed by atoms with Crippen LogP contribution in [-0.4, -0.2) is 55.2 Å². The summed E-state index contributed by atoms with van der Waals surface area (Å²) in [5, 5.41) is 0. The van der Waals surface area contributed by atoms with E-state index < -0.39 is 0 Å². The van der Waals surface area contributed by atoms with Crippen LogP contribution in [0.4, 0.5) is 4.39 Å². The summed E-state index contributed by atoms with van der Waals surface area (Å²) in [6, 6.07) is 7.08. The molecule has 0 bridgehead atoms. The van der Waals surface area contributed by atoms with E-state index in [0.29, 0.717) is 6.10 Å². The zero-order valence-electron chi connectivity index (χ0n) is 11.9. The molecule has 3 rings (SSSR count). The summed E-state index contributed by atoms with van der Waals surface area (Å²) < 4.78 is 19.3. The number of hydrogen-bond acceptors (Lipinski definition) is 3. The fourth-order valence-electron chi connectivity index (χ4n) is 3.07. The van der Waals surface area contributed by atoms with E-state index in [0.717, 1.165) is 51.4 Å². The third-order valence-electron chi connectivity index (χ3n) is 4.30. The van der Waals surface area contributed by atoms with E-state index in [-0.39, 0.29) is 5.82 Å². The Morgan fingerprint density at radius 1 is 1.10 bits per heavy atom. The van der Waals surface area contributed by atoms with Crippen LogP contribution in [0, 0.1) is 5.82 Å². The summed E-state index contributed by atoms with van der Waals surface area (Å²) in [4.78, 5) is 4.82. The number of hydrogen-bond donors (Lipinski definition) is 0. The fraction of sp³-hybridized carbons (Fsp3) is 0.625. The molecule has 2 saturated heterocycles. The van der Waals surface area contributed by atoms with Crippen LogP contribution in [0.5, 0.6) is 0 Å². The van der Waals surface area contributed by atoms with Crippen molar-refractivity contribution in [1.82, 2.24) is 9.80 Å². The molecule has 4 heteroatoms. The standard InChI is InChI=1S/C16H23FN2O/c17-16-6-2-1-4-14(16)12-18-7-9-19(10-8-18)13-15-5-3-11-20-15/h1-2,4,6,15H,3,5,7-13H2/t15-/m0/s1. The SMILES string of the molecule is Fc1ccccc1CN1CCN(C[C@@H]2CCCO2)CC1. The van der Waals surface area contributed by atoms with Gasteiger partial charge in [-0.05, 0) is 18.9 Å². The van der Waals surface area contributed by atoms with Crippen molar-refractivity contribution in [3.63, 3.8) is 0 Å². The number of benzene rings is 1. The van der Waals surface area contributed by atoms with E-state index in [1.54, 1.807) is 12.1 Å². The largest absolute Gasteiger partial charge is 0.377 e. The van der Waals surface area contributed by atoms with E-state index in [2.05, 4.69) is 9.80 Å². The Balaban J connectivity index is 1.45. The molecule has 0 radical (unpaired) electrons. The Hall–Kier alpha value is -0.970. The number of piperazine rings is 1. The van der Waals surface area contributed by atoms with Gasteiger partial charge < -0.3 is 4.74 Å². The molecular formula is C16H23FN2O. The molecule has 1 aromatic rings. The van der Waals surface area contributed by atoms with Crippen LogP contribution in [0.3, 0.4) is 0 Å².